The summed E-state index contributed by atoms with van der Waals surface area (Å²) in [7, 11) is 0. The van der Waals surface area contributed by atoms with Crippen LogP contribution in [0.25, 0.3) is 0 Å². The second kappa shape index (κ2) is 3.95. The van der Waals surface area contributed by atoms with Gasteiger partial charge < -0.3 is 5.73 Å². The maximum Gasteiger partial charge on any atom is 0.271 e. The summed E-state index contributed by atoms with van der Waals surface area (Å²) in [6.07, 6.45) is -0.0679. The third-order valence-electron chi connectivity index (χ3n) is 2.48. The van der Waals surface area contributed by atoms with Gasteiger partial charge in [0, 0.05) is 12.1 Å². The van der Waals surface area contributed by atoms with E-state index < -0.39 is 22.8 Å². The zero-order chi connectivity index (χ0) is 12.6. The number of non-ortho nitro benzene ring substituents is 1. The van der Waals surface area contributed by atoms with Crippen LogP contribution in [-0.4, -0.2) is 22.8 Å². The summed E-state index contributed by atoms with van der Waals surface area (Å²) in [5, 5.41) is 10.6. The van der Waals surface area contributed by atoms with E-state index in [1.807, 2.05) is 0 Å². The molecule has 1 unspecified atom stereocenters. The van der Waals surface area contributed by atoms with Gasteiger partial charge in [0.15, 0.2) is 0 Å². The summed E-state index contributed by atoms with van der Waals surface area (Å²) >= 11 is 0. The number of hydrogen-bond acceptors (Lipinski definition) is 5. The molecule has 2 rings (SSSR count). The number of benzene rings is 1. The normalized spacial score (nSPS) is 19.8. The number of carbonyl (C=O) groups excluding carboxylic acids is 2. The van der Waals surface area contributed by atoms with Crippen LogP contribution in [0.2, 0.25) is 0 Å². The molecule has 1 aliphatic heterocycles. The topological polar surface area (TPSA) is 107 Å². The molecule has 2 amide bonds. The lowest BCUT2D eigenvalue weighted by Gasteiger charge is -2.13. The predicted octanol–water partition coefficient (Wildman–Crippen LogP) is 0.185. The number of anilines is 1. The molecule has 7 nitrogen and oxygen atoms in total. The molecule has 1 aliphatic rings. The first-order valence-electron chi connectivity index (χ1n) is 4.87. The van der Waals surface area contributed by atoms with Gasteiger partial charge in [0.05, 0.1) is 23.1 Å². The number of amides is 2. The van der Waals surface area contributed by atoms with Crippen LogP contribution in [0.15, 0.2) is 24.3 Å². The average molecular weight is 235 g/mol. The summed E-state index contributed by atoms with van der Waals surface area (Å²) in [4.78, 5) is 34.0. The summed E-state index contributed by atoms with van der Waals surface area (Å²) in [5.41, 5.74) is 5.45. The number of rotatable bonds is 2. The highest BCUT2D eigenvalue weighted by Gasteiger charge is 2.37. The molecule has 1 fully saturated rings. The van der Waals surface area contributed by atoms with Gasteiger partial charge >= 0.3 is 0 Å². The first-order chi connectivity index (χ1) is 8.00. The van der Waals surface area contributed by atoms with Crippen molar-refractivity contribution in [3.63, 3.8) is 0 Å². The number of hydrogen-bond donors (Lipinski definition) is 1. The predicted molar refractivity (Wildman–Crippen MR) is 58.2 cm³/mol. The minimum atomic E-state index is -0.859. The Balaban J connectivity index is 2.40. The number of nitro benzene ring substituents is 1. The summed E-state index contributed by atoms with van der Waals surface area (Å²) in [6.45, 7) is 0. The minimum absolute atomic E-state index is 0.0679. The van der Waals surface area contributed by atoms with Crippen molar-refractivity contribution in [3.8, 4) is 0 Å². The third kappa shape index (κ3) is 1.87. The molecule has 0 saturated carbocycles. The van der Waals surface area contributed by atoms with Crippen LogP contribution in [0, 0.1) is 10.1 Å². The average Bonchev–Trinajstić information content (AvgIpc) is 2.53. The Morgan fingerprint density at radius 3 is 2.65 bits per heavy atom. The second-order valence-electron chi connectivity index (χ2n) is 3.65. The highest BCUT2D eigenvalue weighted by molar-refractivity contribution is 6.22. The van der Waals surface area contributed by atoms with Gasteiger partial charge in [0.1, 0.15) is 0 Å². The molecule has 17 heavy (non-hydrogen) atoms. The van der Waals surface area contributed by atoms with Gasteiger partial charge in [-0.3, -0.25) is 19.7 Å². The summed E-state index contributed by atoms with van der Waals surface area (Å²) in [6, 6.07) is 4.47. The molecule has 2 N–H and O–H groups in total. The molecule has 7 heteroatoms. The highest BCUT2D eigenvalue weighted by Crippen LogP contribution is 2.25. The van der Waals surface area contributed by atoms with Crippen molar-refractivity contribution >= 4 is 23.2 Å². The zero-order valence-electron chi connectivity index (χ0n) is 8.70. The molecule has 0 bridgehead atoms. The summed E-state index contributed by atoms with van der Waals surface area (Å²) in [5.74, 6) is -0.974. The zero-order valence-corrected chi connectivity index (χ0v) is 8.70. The number of carbonyl (C=O) groups is 2. The van der Waals surface area contributed by atoms with Crippen LogP contribution in [0.3, 0.4) is 0 Å². The standard InChI is InChI=1S/C10H9N3O4/c11-8-5-9(14)12(10(8)15)6-2-1-3-7(4-6)13(16)17/h1-4,8H,5,11H2. The SMILES string of the molecule is NC1CC(=O)N(c2cccc([N+](=O)[O-])c2)C1=O. The van der Waals surface area contributed by atoms with E-state index in [4.69, 9.17) is 5.73 Å². The number of nitrogens with two attached hydrogens (primary N) is 1. The first kappa shape index (κ1) is 11.2. The van der Waals surface area contributed by atoms with Gasteiger partial charge in [-0.2, -0.15) is 0 Å². The molecule has 0 spiro atoms. The Bertz CT molecular complexity index is 514. The van der Waals surface area contributed by atoms with Crippen molar-refractivity contribution in [2.24, 2.45) is 5.73 Å². The van der Waals surface area contributed by atoms with Crippen molar-refractivity contribution in [1.29, 1.82) is 0 Å². The van der Waals surface area contributed by atoms with Crippen LogP contribution >= 0.6 is 0 Å². The Labute approximate surface area is 96.0 Å². The van der Waals surface area contributed by atoms with E-state index in [1.165, 1.54) is 24.3 Å². The number of imide groups is 1. The molecule has 1 aromatic rings. The van der Waals surface area contributed by atoms with Crippen molar-refractivity contribution in [3.05, 3.63) is 34.4 Å². The fourth-order valence-corrected chi connectivity index (χ4v) is 1.67. The third-order valence-corrected chi connectivity index (χ3v) is 2.48. The lowest BCUT2D eigenvalue weighted by molar-refractivity contribution is -0.384. The smallest absolute Gasteiger partial charge is 0.271 e. The van der Waals surface area contributed by atoms with Gasteiger partial charge in [-0.25, -0.2) is 4.90 Å². The maximum absolute atomic E-state index is 11.6. The molecular weight excluding hydrogens is 226 g/mol. The van der Waals surface area contributed by atoms with Crippen molar-refractivity contribution in [1.82, 2.24) is 0 Å². The van der Waals surface area contributed by atoms with Gasteiger partial charge in [0.25, 0.3) is 11.6 Å². The summed E-state index contributed by atoms with van der Waals surface area (Å²) < 4.78 is 0. The van der Waals surface area contributed by atoms with Crippen molar-refractivity contribution in [2.45, 2.75) is 12.5 Å². The van der Waals surface area contributed by atoms with Crippen LogP contribution in [0.5, 0.6) is 0 Å². The lowest BCUT2D eigenvalue weighted by Crippen LogP contribution is -2.35. The Kier molecular flexibility index (Phi) is 2.60. The van der Waals surface area contributed by atoms with E-state index in [-0.39, 0.29) is 17.8 Å². The lowest BCUT2D eigenvalue weighted by atomic mass is 10.2. The van der Waals surface area contributed by atoms with Crippen LogP contribution in [0.1, 0.15) is 6.42 Å². The fourth-order valence-electron chi connectivity index (χ4n) is 1.67. The molecule has 0 aliphatic carbocycles. The largest absolute Gasteiger partial charge is 0.319 e. The van der Waals surface area contributed by atoms with Gasteiger partial charge in [-0.1, -0.05) is 6.07 Å². The quantitative estimate of drug-likeness (QED) is 0.447. The molecular formula is C10H9N3O4. The van der Waals surface area contributed by atoms with E-state index >= 15 is 0 Å². The molecule has 1 heterocycles. The van der Waals surface area contributed by atoms with Crippen LogP contribution in [0.4, 0.5) is 11.4 Å². The monoisotopic (exact) mass is 235 g/mol. The van der Waals surface area contributed by atoms with Gasteiger partial charge in [-0.15, -0.1) is 0 Å². The first-order valence-corrected chi connectivity index (χ1v) is 4.87. The van der Waals surface area contributed by atoms with E-state index in [1.54, 1.807) is 0 Å². The molecule has 1 saturated heterocycles. The van der Waals surface area contributed by atoms with Crippen molar-refractivity contribution in [2.75, 3.05) is 4.90 Å². The molecule has 88 valence electrons. The highest BCUT2D eigenvalue weighted by atomic mass is 16.6. The van der Waals surface area contributed by atoms with Gasteiger partial charge in [0.2, 0.25) is 5.91 Å². The fraction of sp³-hybridized carbons (Fsp3) is 0.200. The van der Waals surface area contributed by atoms with Gasteiger partial charge in [-0.05, 0) is 6.07 Å². The Morgan fingerprint density at radius 2 is 2.12 bits per heavy atom. The van der Waals surface area contributed by atoms with Crippen LogP contribution in [-0.2, 0) is 9.59 Å². The molecule has 1 atom stereocenters. The molecule has 0 radical (unpaired) electrons. The second-order valence-corrected chi connectivity index (χ2v) is 3.65. The van der Waals surface area contributed by atoms with Crippen LogP contribution < -0.4 is 10.6 Å². The molecule has 0 aromatic heterocycles. The van der Waals surface area contributed by atoms with E-state index in [9.17, 15) is 19.7 Å². The van der Waals surface area contributed by atoms with E-state index in [0.29, 0.717) is 0 Å². The van der Waals surface area contributed by atoms with E-state index in [0.717, 1.165) is 4.90 Å². The minimum Gasteiger partial charge on any atom is -0.319 e. The van der Waals surface area contributed by atoms with E-state index in [2.05, 4.69) is 0 Å². The number of nitro groups is 1. The molecule has 1 aromatic carbocycles. The Hall–Kier alpha value is -2.28. The Morgan fingerprint density at radius 1 is 1.41 bits per heavy atom. The number of nitrogens with zero attached hydrogens (tertiary/aromatic N) is 2. The maximum atomic E-state index is 11.6. The van der Waals surface area contributed by atoms with Crippen molar-refractivity contribution < 1.29 is 14.5 Å².